The molecule has 0 spiro atoms. The van der Waals surface area contributed by atoms with Gasteiger partial charge in [-0.05, 0) is 5.56 Å². The van der Waals surface area contributed by atoms with Crippen molar-refractivity contribution in [3.05, 3.63) is 35.9 Å². The zero-order valence-corrected chi connectivity index (χ0v) is 8.10. The quantitative estimate of drug-likeness (QED) is 0.463. The zero-order chi connectivity index (χ0) is 10.8. The Bertz CT molecular complexity index is 390. The van der Waals surface area contributed by atoms with Crippen molar-refractivity contribution in [3.8, 4) is 0 Å². The Kier molecular flexibility index (Phi) is 2.29. The Balaban J connectivity index is 2.16. The number of carbonyl (C=O) groups excluding carboxylic acids is 1. The summed E-state index contributed by atoms with van der Waals surface area (Å²) in [5, 5.41) is 9.99. The second-order valence-corrected chi connectivity index (χ2v) is 3.41. The van der Waals surface area contributed by atoms with Gasteiger partial charge in [-0.25, -0.2) is 4.79 Å². The van der Waals surface area contributed by atoms with Gasteiger partial charge in [0, 0.05) is 0 Å². The molecule has 1 heterocycles. The Labute approximate surface area is 87.4 Å². The molecule has 1 saturated heterocycles. The molecule has 2 amide bonds. The first kappa shape index (κ1) is 9.51. The van der Waals surface area contributed by atoms with Crippen molar-refractivity contribution in [1.82, 2.24) is 10.2 Å². The number of rotatable bonds is 1. The minimum Gasteiger partial charge on any atom is -0.370 e. The number of amides is 2. The number of hydrogen-bond donors (Lipinski definition) is 3. The molecule has 5 heteroatoms. The van der Waals surface area contributed by atoms with E-state index in [4.69, 9.17) is 11.1 Å². The lowest BCUT2D eigenvalue weighted by atomic mass is 10.1. The maximum Gasteiger partial charge on any atom is 0.324 e. The fraction of sp³-hybridized carbons (Fsp3) is 0.200. The van der Waals surface area contributed by atoms with Gasteiger partial charge < -0.3 is 11.1 Å². The zero-order valence-electron chi connectivity index (χ0n) is 8.10. The summed E-state index contributed by atoms with van der Waals surface area (Å²) in [6.45, 7) is 0.415. The van der Waals surface area contributed by atoms with Crippen LogP contribution in [0.25, 0.3) is 0 Å². The van der Waals surface area contributed by atoms with Crippen LogP contribution in [0.5, 0.6) is 0 Å². The van der Waals surface area contributed by atoms with Crippen LogP contribution in [-0.2, 0) is 0 Å². The lowest BCUT2D eigenvalue weighted by Gasteiger charge is -2.11. The minimum absolute atomic E-state index is 0.0809. The molecule has 5 nitrogen and oxygen atoms in total. The molecule has 1 fully saturated rings. The molecular weight excluding hydrogens is 192 g/mol. The third kappa shape index (κ3) is 1.76. The first-order valence-electron chi connectivity index (χ1n) is 4.65. The summed E-state index contributed by atoms with van der Waals surface area (Å²) < 4.78 is 0. The summed E-state index contributed by atoms with van der Waals surface area (Å²) in [5.74, 6) is -0.217. The van der Waals surface area contributed by atoms with Crippen LogP contribution in [0.15, 0.2) is 30.3 Å². The van der Waals surface area contributed by atoms with Gasteiger partial charge >= 0.3 is 6.03 Å². The molecule has 1 unspecified atom stereocenters. The molecule has 0 bridgehead atoms. The predicted octanol–water partition coefficient (Wildman–Crippen LogP) is 0.646. The van der Waals surface area contributed by atoms with Crippen molar-refractivity contribution >= 4 is 12.0 Å². The van der Waals surface area contributed by atoms with E-state index >= 15 is 0 Å². The van der Waals surface area contributed by atoms with Crippen molar-refractivity contribution in [1.29, 1.82) is 5.41 Å². The van der Waals surface area contributed by atoms with Crippen LogP contribution >= 0.6 is 0 Å². The van der Waals surface area contributed by atoms with E-state index in [1.807, 2.05) is 30.3 Å². The molecular formula is C10H12N4O. The second-order valence-electron chi connectivity index (χ2n) is 3.41. The van der Waals surface area contributed by atoms with E-state index in [1.165, 1.54) is 4.90 Å². The molecule has 4 N–H and O–H groups in total. The van der Waals surface area contributed by atoms with Gasteiger partial charge in [0.2, 0.25) is 0 Å². The number of hydrogen-bond acceptors (Lipinski definition) is 2. The minimum atomic E-state index is -0.309. The van der Waals surface area contributed by atoms with Gasteiger partial charge in [0.05, 0.1) is 12.6 Å². The number of carbonyl (C=O) groups is 1. The van der Waals surface area contributed by atoms with Crippen LogP contribution in [-0.4, -0.2) is 23.4 Å². The maximum atomic E-state index is 11.4. The highest BCUT2D eigenvalue weighted by Crippen LogP contribution is 2.19. The molecule has 2 rings (SSSR count). The molecule has 1 atom stereocenters. The van der Waals surface area contributed by atoms with E-state index in [1.54, 1.807) is 0 Å². The third-order valence-corrected chi connectivity index (χ3v) is 2.40. The summed E-state index contributed by atoms with van der Waals surface area (Å²) in [6.07, 6.45) is 0. The fourth-order valence-electron chi connectivity index (χ4n) is 1.62. The molecule has 1 aliphatic heterocycles. The van der Waals surface area contributed by atoms with Crippen LogP contribution < -0.4 is 11.1 Å². The summed E-state index contributed by atoms with van der Waals surface area (Å²) in [4.78, 5) is 12.6. The van der Waals surface area contributed by atoms with Crippen LogP contribution in [0, 0.1) is 5.41 Å². The number of benzene rings is 1. The van der Waals surface area contributed by atoms with Crippen LogP contribution in [0.2, 0.25) is 0 Å². The molecule has 0 aliphatic carbocycles. The van der Waals surface area contributed by atoms with Gasteiger partial charge in [-0.15, -0.1) is 0 Å². The largest absolute Gasteiger partial charge is 0.370 e. The van der Waals surface area contributed by atoms with E-state index in [9.17, 15) is 4.79 Å². The van der Waals surface area contributed by atoms with Crippen molar-refractivity contribution in [3.63, 3.8) is 0 Å². The lowest BCUT2D eigenvalue weighted by Crippen LogP contribution is -2.38. The van der Waals surface area contributed by atoms with Crippen molar-refractivity contribution in [2.75, 3.05) is 6.54 Å². The Morgan fingerprint density at radius 1 is 1.47 bits per heavy atom. The molecule has 1 aliphatic rings. The average molecular weight is 204 g/mol. The standard InChI is InChI=1S/C10H12N4O/c11-9(12)14-6-8(13-10(14)15)7-4-2-1-3-5-7/h1-5,8H,6H2,(H3,11,12)(H,13,15). The fourth-order valence-corrected chi connectivity index (χ4v) is 1.62. The van der Waals surface area contributed by atoms with Gasteiger partial charge in [0.1, 0.15) is 0 Å². The number of nitrogens with two attached hydrogens (primary N) is 1. The molecule has 0 radical (unpaired) electrons. The topological polar surface area (TPSA) is 82.2 Å². The van der Waals surface area contributed by atoms with Gasteiger partial charge in [0.25, 0.3) is 0 Å². The average Bonchev–Trinajstić information content (AvgIpc) is 2.62. The number of nitrogens with zero attached hydrogens (tertiary/aromatic N) is 1. The Morgan fingerprint density at radius 2 is 2.13 bits per heavy atom. The summed E-state index contributed by atoms with van der Waals surface area (Å²) >= 11 is 0. The van der Waals surface area contributed by atoms with Crippen LogP contribution in [0.1, 0.15) is 11.6 Å². The number of urea groups is 1. The molecule has 15 heavy (non-hydrogen) atoms. The van der Waals surface area contributed by atoms with Gasteiger partial charge in [0.15, 0.2) is 5.96 Å². The monoisotopic (exact) mass is 204 g/mol. The van der Waals surface area contributed by atoms with Gasteiger partial charge in [-0.1, -0.05) is 30.3 Å². The highest BCUT2D eigenvalue weighted by Gasteiger charge is 2.31. The second kappa shape index (κ2) is 3.61. The van der Waals surface area contributed by atoms with E-state index in [0.717, 1.165) is 5.56 Å². The lowest BCUT2D eigenvalue weighted by molar-refractivity contribution is 0.233. The van der Waals surface area contributed by atoms with E-state index in [-0.39, 0.29) is 18.0 Å². The van der Waals surface area contributed by atoms with Crippen LogP contribution in [0.3, 0.4) is 0 Å². The van der Waals surface area contributed by atoms with Crippen molar-refractivity contribution < 1.29 is 4.79 Å². The van der Waals surface area contributed by atoms with Crippen molar-refractivity contribution in [2.45, 2.75) is 6.04 Å². The first-order valence-corrected chi connectivity index (χ1v) is 4.65. The molecule has 0 saturated carbocycles. The van der Waals surface area contributed by atoms with Gasteiger partial charge in [-0.3, -0.25) is 10.3 Å². The Morgan fingerprint density at radius 3 is 2.67 bits per heavy atom. The molecule has 1 aromatic carbocycles. The highest BCUT2D eigenvalue weighted by atomic mass is 16.2. The number of nitrogens with one attached hydrogen (secondary N) is 2. The summed E-state index contributed by atoms with van der Waals surface area (Å²) in [5.41, 5.74) is 6.30. The smallest absolute Gasteiger partial charge is 0.324 e. The summed E-state index contributed by atoms with van der Waals surface area (Å²) in [6, 6.07) is 9.24. The molecule has 1 aromatic rings. The van der Waals surface area contributed by atoms with Crippen molar-refractivity contribution in [2.24, 2.45) is 5.73 Å². The predicted molar refractivity (Wildman–Crippen MR) is 56.3 cm³/mol. The summed E-state index contributed by atoms with van der Waals surface area (Å²) in [7, 11) is 0. The van der Waals surface area contributed by atoms with Gasteiger partial charge in [-0.2, -0.15) is 0 Å². The normalized spacial score (nSPS) is 20.1. The number of guanidine groups is 1. The molecule has 0 aromatic heterocycles. The maximum absolute atomic E-state index is 11.4. The highest BCUT2D eigenvalue weighted by molar-refractivity contribution is 5.95. The third-order valence-electron chi connectivity index (χ3n) is 2.40. The van der Waals surface area contributed by atoms with E-state index < -0.39 is 0 Å². The van der Waals surface area contributed by atoms with Crippen LogP contribution in [0.4, 0.5) is 4.79 Å². The first-order chi connectivity index (χ1) is 7.18. The Hall–Kier alpha value is -2.04. The van der Waals surface area contributed by atoms with E-state index in [2.05, 4.69) is 5.32 Å². The molecule has 78 valence electrons. The SMILES string of the molecule is N=C(N)N1CC(c2ccccc2)NC1=O. The van der Waals surface area contributed by atoms with E-state index in [0.29, 0.717) is 6.54 Å².